The Labute approximate surface area is 96.8 Å². The first-order valence-electron chi connectivity index (χ1n) is 4.99. The number of hydrogen-bond acceptors (Lipinski definition) is 5. The van der Waals surface area contributed by atoms with Gasteiger partial charge >= 0.3 is 5.69 Å². The summed E-state index contributed by atoms with van der Waals surface area (Å²) in [5, 5.41) is 4.02. The fourth-order valence-electron chi connectivity index (χ4n) is 1.29. The van der Waals surface area contributed by atoms with Gasteiger partial charge in [-0.15, -0.1) is 11.3 Å². The van der Waals surface area contributed by atoms with E-state index in [1.807, 2.05) is 6.92 Å². The maximum Gasteiger partial charge on any atom is 0.347 e. The highest BCUT2D eigenvalue weighted by atomic mass is 32.1. The van der Waals surface area contributed by atoms with Crippen LogP contribution in [0.1, 0.15) is 11.8 Å². The molecule has 0 aliphatic rings. The normalized spacial score (nSPS) is 10.3. The van der Waals surface area contributed by atoms with Gasteiger partial charge in [0.2, 0.25) is 0 Å². The zero-order valence-corrected chi connectivity index (χ0v) is 9.70. The molecule has 0 fully saturated rings. The molecule has 0 saturated carbocycles. The van der Waals surface area contributed by atoms with Crippen molar-refractivity contribution in [1.29, 1.82) is 0 Å². The maximum absolute atomic E-state index is 11.4. The lowest BCUT2D eigenvalue weighted by Crippen LogP contribution is -2.21. The molecule has 6 heteroatoms. The van der Waals surface area contributed by atoms with Crippen LogP contribution in [-0.2, 0) is 6.54 Å². The lowest BCUT2D eigenvalue weighted by atomic mass is 10.5. The lowest BCUT2D eigenvalue weighted by molar-refractivity contribution is 0.734. The average Bonchev–Trinajstić information content (AvgIpc) is 2.70. The predicted molar refractivity (Wildman–Crippen MR) is 63.9 cm³/mol. The lowest BCUT2D eigenvalue weighted by Gasteiger charge is -2.00. The summed E-state index contributed by atoms with van der Waals surface area (Å²) in [7, 11) is 0. The van der Waals surface area contributed by atoms with Gasteiger partial charge in [0, 0.05) is 30.0 Å². The van der Waals surface area contributed by atoms with Gasteiger partial charge < -0.3 is 5.32 Å². The minimum absolute atomic E-state index is 0.235. The fourth-order valence-corrected chi connectivity index (χ4v) is 2.17. The van der Waals surface area contributed by atoms with Gasteiger partial charge in [-0.3, -0.25) is 4.57 Å². The summed E-state index contributed by atoms with van der Waals surface area (Å²) in [6.45, 7) is 3.39. The minimum Gasteiger partial charge on any atom is -0.362 e. The zero-order chi connectivity index (χ0) is 11.4. The molecule has 0 spiro atoms. The number of rotatable bonds is 4. The monoisotopic (exact) mass is 236 g/mol. The molecule has 0 amide bonds. The van der Waals surface area contributed by atoms with Crippen LogP contribution in [0.25, 0.3) is 0 Å². The number of aromatic nitrogens is 3. The summed E-state index contributed by atoms with van der Waals surface area (Å²) in [5.74, 6) is 0. The number of thiazole rings is 1. The van der Waals surface area contributed by atoms with Crippen LogP contribution in [0.2, 0.25) is 0 Å². The molecule has 2 heterocycles. The van der Waals surface area contributed by atoms with Crippen LogP contribution in [-0.4, -0.2) is 21.1 Å². The third kappa shape index (κ3) is 2.46. The van der Waals surface area contributed by atoms with Crippen LogP contribution in [0.15, 0.2) is 29.5 Å². The summed E-state index contributed by atoms with van der Waals surface area (Å²) in [6.07, 6.45) is 5.00. The molecule has 0 saturated heterocycles. The van der Waals surface area contributed by atoms with Crippen molar-refractivity contribution in [3.63, 3.8) is 0 Å². The summed E-state index contributed by atoms with van der Waals surface area (Å²) in [5.41, 5.74) is -0.235. The van der Waals surface area contributed by atoms with E-state index in [1.165, 1.54) is 6.20 Å². The molecule has 2 aromatic heterocycles. The van der Waals surface area contributed by atoms with Gasteiger partial charge in [-0.1, -0.05) is 0 Å². The maximum atomic E-state index is 11.4. The van der Waals surface area contributed by atoms with E-state index in [4.69, 9.17) is 0 Å². The Bertz CT molecular complexity index is 519. The Balaban J connectivity index is 2.15. The van der Waals surface area contributed by atoms with E-state index in [9.17, 15) is 4.79 Å². The predicted octanol–water partition coefficient (Wildman–Crippen LogP) is 1.18. The Morgan fingerprint density at radius 1 is 1.50 bits per heavy atom. The van der Waals surface area contributed by atoms with E-state index in [1.54, 1.807) is 34.4 Å². The van der Waals surface area contributed by atoms with Crippen molar-refractivity contribution in [1.82, 2.24) is 14.5 Å². The summed E-state index contributed by atoms with van der Waals surface area (Å²) in [6, 6.07) is 1.74. The number of anilines is 1. The standard InChI is InChI=1S/C10H12N4OS/c1-2-11-9-13-6-8(16-9)7-14-5-3-4-12-10(14)15/h3-6H,2,7H2,1H3,(H,11,13). The molecule has 0 atom stereocenters. The number of nitrogens with one attached hydrogen (secondary N) is 1. The molecule has 2 aromatic rings. The molecule has 1 N–H and O–H groups in total. The summed E-state index contributed by atoms with van der Waals surface area (Å²) in [4.78, 5) is 20.3. The van der Waals surface area contributed by atoms with E-state index in [0.717, 1.165) is 16.6 Å². The second-order valence-electron chi connectivity index (χ2n) is 3.19. The second kappa shape index (κ2) is 4.89. The molecule has 2 rings (SSSR count). The van der Waals surface area contributed by atoms with Crippen molar-refractivity contribution < 1.29 is 0 Å². The Morgan fingerprint density at radius 3 is 3.12 bits per heavy atom. The Kier molecular flexibility index (Phi) is 3.31. The molecule has 0 aliphatic heterocycles. The Hall–Kier alpha value is -1.69. The first-order chi connectivity index (χ1) is 7.79. The van der Waals surface area contributed by atoms with Crippen molar-refractivity contribution in [3.8, 4) is 0 Å². The van der Waals surface area contributed by atoms with Crippen molar-refractivity contribution in [3.05, 3.63) is 40.0 Å². The quantitative estimate of drug-likeness (QED) is 0.866. The van der Waals surface area contributed by atoms with E-state index < -0.39 is 0 Å². The molecule has 16 heavy (non-hydrogen) atoms. The second-order valence-corrected chi connectivity index (χ2v) is 4.31. The van der Waals surface area contributed by atoms with Crippen molar-refractivity contribution in [2.75, 3.05) is 11.9 Å². The van der Waals surface area contributed by atoms with Crippen LogP contribution < -0.4 is 11.0 Å². The fraction of sp³-hybridized carbons (Fsp3) is 0.300. The Morgan fingerprint density at radius 2 is 2.38 bits per heavy atom. The molecule has 0 radical (unpaired) electrons. The van der Waals surface area contributed by atoms with E-state index >= 15 is 0 Å². The molecule has 0 aromatic carbocycles. The van der Waals surface area contributed by atoms with E-state index in [2.05, 4.69) is 15.3 Å². The first kappa shape index (κ1) is 10.8. The smallest absolute Gasteiger partial charge is 0.347 e. The van der Waals surface area contributed by atoms with Crippen LogP contribution in [0.3, 0.4) is 0 Å². The molecular formula is C10H12N4OS. The van der Waals surface area contributed by atoms with Crippen molar-refractivity contribution >= 4 is 16.5 Å². The number of hydrogen-bond donors (Lipinski definition) is 1. The molecule has 5 nitrogen and oxygen atoms in total. The van der Waals surface area contributed by atoms with Gasteiger partial charge in [0.05, 0.1) is 6.54 Å². The third-order valence-corrected chi connectivity index (χ3v) is 2.93. The van der Waals surface area contributed by atoms with Crippen LogP contribution in [0.5, 0.6) is 0 Å². The molecule has 0 aliphatic carbocycles. The van der Waals surface area contributed by atoms with Crippen LogP contribution in [0.4, 0.5) is 5.13 Å². The van der Waals surface area contributed by atoms with E-state index in [0.29, 0.717) is 6.54 Å². The summed E-state index contributed by atoms with van der Waals surface area (Å²) >= 11 is 1.55. The highest BCUT2D eigenvalue weighted by Gasteiger charge is 2.02. The minimum atomic E-state index is -0.235. The third-order valence-electron chi connectivity index (χ3n) is 1.99. The molecule has 0 unspecified atom stereocenters. The SMILES string of the molecule is CCNc1ncc(Cn2cccnc2=O)s1. The molecule has 84 valence electrons. The highest BCUT2D eigenvalue weighted by Crippen LogP contribution is 2.17. The number of nitrogens with zero attached hydrogens (tertiary/aromatic N) is 3. The van der Waals surface area contributed by atoms with Gasteiger partial charge in [0.1, 0.15) is 0 Å². The van der Waals surface area contributed by atoms with Crippen molar-refractivity contribution in [2.45, 2.75) is 13.5 Å². The first-order valence-corrected chi connectivity index (χ1v) is 5.81. The topological polar surface area (TPSA) is 59.8 Å². The van der Waals surface area contributed by atoms with Crippen LogP contribution in [0, 0.1) is 0 Å². The van der Waals surface area contributed by atoms with Gasteiger partial charge in [-0.2, -0.15) is 0 Å². The average molecular weight is 236 g/mol. The van der Waals surface area contributed by atoms with Gasteiger partial charge in [-0.05, 0) is 13.0 Å². The highest BCUT2D eigenvalue weighted by molar-refractivity contribution is 7.15. The van der Waals surface area contributed by atoms with Crippen molar-refractivity contribution in [2.24, 2.45) is 0 Å². The molecular weight excluding hydrogens is 224 g/mol. The zero-order valence-electron chi connectivity index (χ0n) is 8.88. The van der Waals surface area contributed by atoms with Crippen LogP contribution >= 0.6 is 11.3 Å². The summed E-state index contributed by atoms with van der Waals surface area (Å²) < 4.78 is 1.56. The largest absolute Gasteiger partial charge is 0.362 e. The van der Waals surface area contributed by atoms with Gasteiger partial charge in [0.15, 0.2) is 5.13 Å². The van der Waals surface area contributed by atoms with Gasteiger partial charge in [0.25, 0.3) is 0 Å². The van der Waals surface area contributed by atoms with Gasteiger partial charge in [-0.25, -0.2) is 14.8 Å². The molecule has 0 bridgehead atoms. The van der Waals surface area contributed by atoms with E-state index in [-0.39, 0.29) is 5.69 Å².